The number of hydrogen-bond acceptors (Lipinski definition) is 3. The van der Waals surface area contributed by atoms with Gasteiger partial charge in [-0.15, -0.1) is 0 Å². The summed E-state index contributed by atoms with van der Waals surface area (Å²) < 4.78 is 43.6. The molecule has 1 rings (SSSR count). The number of halogens is 3. The normalized spacial score (nSPS) is 14.2. The van der Waals surface area contributed by atoms with E-state index in [-0.39, 0.29) is 0 Å². The number of aliphatic hydroxyl groups excluding tert-OH is 1. The lowest BCUT2D eigenvalue weighted by molar-refractivity contribution is -0.148. The number of carbonyl (C=O) groups excluding carboxylic acids is 1. The Labute approximate surface area is 95.8 Å². The van der Waals surface area contributed by atoms with Gasteiger partial charge in [-0.25, -0.2) is 13.2 Å². The third-order valence-corrected chi connectivity index (χ3v) is 2.39. The van der Waals surface area contributed by atoms with Gasteiger partial charge in [0.25, 0.3) is 0 Å². The number of hydrogen-bond donors (Lipinski definition) is 1. The van der Waals surface area contributed by atoms with Crippen LogP contribution >= 0.6 is 0 Å². The summed E-state index contributed by atoms with van der Waals surface area (Å²) in [6, 6.07) is 0.872. The molecular weight excluding hydrogens is 237 g/mol. The Morgan fingerprint density at radius 2 is 1.76 bits per heavy atom. The van der Waals surface area contributed by atoms with Crippen LogP contribution in [0.5, 0.6) is 0 Å². The fraction of sp³-hybridized carbons (Fsp3) is 0.364. The molecule has 0 aromatic heterocycles. The van der Waals surface area contributed by atoms with Crippen LogP contribution in [0.4, 0.5) is 13.2 Å². The third kappa shape index (κ3) is 2.76. The zero-order valence-electron chi connectivity index (χ0n) is 9.21. The Balaban J connectivity index is 3.12. The van der Waals surface area contributed by atoms with Crippen LogP contribution in [0, 0.1) is 23.4 Å². The molecule has 0 saturated carbocycles. The molecular formula is C11H11F3O3. The van der Waals surface area contributed by atoms with E-state index in [1.165, 1.54) is 6.92 Å². The summed E-state index contributed by atoms with van der Waals surface area (Å²) in [4.78, 5) is 11.1. The van der Waals surface area contributed by atoms with Crippen LogP contribution in [-0.4, -0.2) is 18.2 Å². The van der Waals surface area contributed by atoms with Crippen molar-refractivity contribution in [3.05, 3.63) is 35.1 Å². The van der Waals surface area contributed by atoms with E-state index in [1.54, 1.807) is 0 Å². The van der Waals surface area contributed by atoms with Gasteiger partial charge in [-0.3, -0.25) is 4.79 Å². The number of carbonyl (C=O) groups is 1. The van der Waals surface area contributed by atoms with E-state index in [1.807, 2.05) is 0 Å². The first-order chi connectivity index (χ1) is 7.88. The standard InChI is InChI=1S/C11H11F3O3/c1-5(11(16)17-2)10(15)9-7(13)3-6(12)4-8(9)14/h3-5,10,15H,1-2H3. The van der Waals surface area contributed by atoms with Crippen LogP contribution in [-0.2, 0) is 9.53 Å². The van der Waals surface area contributed by atoms with Crippen molar-refractivity contribution >= 4 is 5.97 Å². The zero-order valence-corrected chi connectivity index (χ0v) is 9.21. The summed E-state index contributed by atoms with van der Waals surface area (Å²) >= 11 is 0. The average molecular weight is 248 g/mol. The minimum atomic E-state index is -1.73. The fourth-order valence-electron chi connectivity index (χ4n) is 1.40. The van der Waals surface area contributed by atoms with E-state index < -0.39 is 41.0 Å². The lowest BCUT2D eigenvalue weighted by atomic mass is 9.96. The topological polar surface area (TPSA) is 46.5 Å². The Bertz CT molecular complexity index is 411. The van der Waals surface area contributed by atoms with Crippen molar-refractivity contribution in [2.45, 2.75) is 13.0 Å². The maximum Gasteiger partial charge on any atom is 0.311 e. The predicted molar refractivity (Wildman–Crippen MR) is 52.5 cm³/mol. The van der Waals surface area contributed by atoms with Crippen LogP contribution in [0.2, 0.25) is 0 Å². The van der Waals surface area contributed by atoms with Gasteiger partial charge in [0, 0.05) is 12.1 Å². The molecule has 2 atom stereocenters. The van der Waals surface area contributed by atoms with E-state index in [4.69, 9.17) is 0 Å². The van der Waals surface area contributed by atoms with Gasteiger partial charge < -0.3 is 9.84 Å². The maximum absolute atomic E-state index is 13.3. The molecule has 94 valence electrons. The molecule has 0 radical (unpaired) electrons. The highest BCUT2D eigenvalue weighted by molar-refractivity contribution is 5.72. The molecule has 1 aromatic carbocycles. The van der Waals surface area contributed by atoms with Crippen molar-refractivity contribution in [3.63, 3.8) is 0 Å². The summed E-state index contributed by atoms with van der Waals surface area (Å²) in [6.45, 7) is 1.25. The zero-order chi connectivity index (χ0) is 13.2. The molecule has 0 heterocycles. The lowest BCUT2D eigenvalue weighted by Gasteiger charge is -2.18. The third-order valence-electron chi connectivity index (χ3n) is 2.39. The number of ether oxygens (including phenoxy) is 1. The van der Waals surface area contributed by atoms with Gasteiger partial charge in [-0.05, 0) is 6.92 Å². The quantitative estimate of drug-likeness (QED) is 0.831. The van der Waals surface area contributed by atoms with Gasteiger partial charge >= 0.3 is 5.97 Å². The van der Waals surface area contributed by atoms with Crippen LogP contribution in [0.25, 0.3) is 0 Å². The first-order valence-corrected chi connectivity index (χ1v) is 4.78. The smallest absolute Gasteiger partial charge is 0.311 e. The molecule has 3 nitrogen and oxygen atoms in total. The highest BCUT2D eigenvalue weighted by atomic mass is 19.1. The molecule has 0 amide bonds. The number of methoxy groups -OCH3 is 1. The Morgan fingerprint density at radius 3 is 2.18 bits per heavy atom. The fourth-order valence-corrected chi connectivity index (χ4v) is 1.40. The van der Waals surface area contributed by atoms with E-state index in [2.05, 4.69) is 4.74 Å². The largest absolute Gasteiger partial charge is 0.469 e. The SMILES string of the molecule is COC(=O)C(C)C(O)c1c(F)cc(F)cc1F. The minimum Gasteiger partial charge on any atom is -0.469 e. The van der Waals surface area contributed by atoms with Gasteiger partial charge in [-0.2, -0.15) is 0 Å². The van der Waals surface area contributed by atoms with E-state index in [9.17, 15) is 23.1 Å². The monoisotopic (exact) mass is 248 g/mol. The Hall–Kier alpha value is -1.56. The van der Waals surface area contributed by atoms with Gasteiger partial charge in [0.05, 0.1) is 24.7 Å². The van der Waals surface area contributed by atoms with Crippen molar-refractivity contribution in [2.75, 3.05) is 7.11 Å². The summed E-state index contributed by atoms with van der Waals surface area (Å²) in [5, 5.41) is 9.64. The maximum atomic E-state index is 13.3. The van der Waals surface area contributed by atoms with Gasteiger partial charge in [0.2, 0.25) is 0 Å². The van der Waals surface area contributed by atoms with E-state index in [0.717, 1.165) is 7.11 Å². The second kappa shape index (κ2) is 5.18. The molecule has 1 N–H and O–H groups in total. The molecule has 0 bridgehead atoms. The molecule has 2 unspecified atom stereocenters. The highest BCUT2D eigenvalue weighted by Crippen LogP contribution is 2.28. The van der Waals surface area contributed by atoms with Gasteiger partial charge in [0.1, 0.15) is 17.5 Å². The Morgan fingerprint density at radius 1 is 1.29 bits per heavy atom. The highest BCUT2D eigenvalue weighted by Gasteiger charge is 2.29. The lowest BCUT2D eigenvalue weighted by Crippen LogP contribution is -2.22. The second-order valence-electron chi connectivity index (χ2n) is 3.54. The van der Waals surface area contributed by atoms with Crippen LogP contribution < -0.4 is 0 Å². The first kappa shape index (κ1) is 13.5. The van der Waals surface area contributed by atoms with Crippen LogP contribution in [0.1, 0.15) is 18.6 Å². The molecule has 0 saturated heterocycles. The second-order valence-corrected chi connectivity index (χ2v) is 3.54. The molecule has 0 fully saturated rings. The van der Waals surface area contributed by atoms with Crippen molar-refractivity contribution in [1.82, 2.24) is 0 Å². The molecule has 17 heavy (non-hydrogen) atoms. The molecule has 0 spiro atoms. The molecule has 0 aliphatic heterocycles. The van der Waals surface area contributed by atoms with Gasteiger partial charge in [0.15, 0.2) is 0 Å². The molecule has 0 aliphatic rings. The average Bonchev–Trinajstić information content (AvgIpc) is 2.25. The first-order valence-electron chi connectivity index (χ1n) is 4.78. The van der Waals surface area contributed by atoms with Crippen LogP contribution in [0.3, 0.4) is 0 Å². The number of aliphatic hydroxyl groups is 1. The Kier molecular flexibility index (Phi) is 4.11. The van der Waals surface area contributed by atoms with E-state index in [0.29, 0.717) is 12.1 Å². The number of esters is 1. The minimum absolute atomic E-state index is 0.436. The summed E-state index contributed by atoms with van der Waals surface area (Å²) in [5.74, 6) is -5.56. The van der Waals surface area contributed by atoms with Crippen molar-refractivity contribution in [1.29, 1.82) is 0 Å². The van der Waals surface area contributed by atoms with Crippen LogP contribution in [0.15, 0.2) is 12.1 Å². The van der Waals surface area contributed by atoms with Crippen molar-refractivity contribution in [3.8, 4) is 0 Å². The summed E-state index contributed by atoms with van der Waals surface area (Å²) in [5.41, 5.74) is -0.746. The summed E-state index contributed by atoms with van der Waals surface area (Å²) in [6.07, 6.45) is -1.73. The molecule has 1 aromatic rings. The summed E-state index contributed by atoms with van der Waals surface area (Å²) in [7, 11) is 1.09. The molecule has 6 heteroatoms. The van der Waals surface area contributed by atoms with Gasteiger partial charge in [-0.1, -0.05) is 0 Å². The number of rotatable bonds is 3. The van der Waals surface area contributed by atoms with Crippen molar-refractivity contribution in [2.24, 2.45) is 5.92 Å². The van der Waals surface area contributed by atoms with E-state index >= 15 is 0 Å². The molecule has 0 aliphatic carbocycles. The van der Waals surface area contributed by atoms with Crippen molar-refractivity contribution < 1.29 is 27.8 Å². The number of benzene rings is 1. The predicted octanol–water partition coefficient (Wildman–Crippen LogP) is 1.95.